The number of rotatable bonds is 2. The lowest BCUT2D eigenvalue weighted by molar-refractivity contribution is -0.117. The van der Waals surface area contributed by atoms with Crippen molar-refractivity contribution in [2.75, 3.05) is 16.4 Å². The summed E-state index contributed by atoms with van der Waals surface area (Å²) >= 11 is 1.42. The first-order chi connectivity index (χ1) is 10.8. The molecule has 1 amide bonds. The van der Waals surface area contributed by atoms with Gasteiger partial charge in [-0.1, -0.05) is 30.8 Å². The number of hydrogen-bond acceptors (Lipinski definition) is 4. The van der Waals surface area contributed by atoms with Gasteiger partial charge in [-0.3, -0.25) is 4.79 Å². The monoisotopic (exact) mass is 352 g/mol. The fourth-order valence-electron chi connectivity index (χ4n) is 3.03. The Kier molecular flexibility index (Phi) is 4.27. The highest BCUT2D eigenvalue weighted by Crippen LogP contribution is 2.42. The van der Waals surface area contributed by atoms with E-state index in [4.69, 9.17) is 0 Å². The van der Waals surface area contributed by atoms with E-state index in [0.29, 0.717) is 11.6 Å². The Hall–Kier alpha value is -1.34. The van der Waals surface area contributed by atoms with Crippen LogP contribution >= 0.6 is 11.8 Å². The van der Waals surface area contributed by atoms with Crippen LogP contribution in [0.2, 0.25) is 0 Å². The van der Waals surface area contributed by atoms with E-state index in [1.807, 2.05) is 36.9 Å². The lowest BCUT2D eigenvalue weighted by atomic mass is 10.1. The standard InChI is InChI=1S/C16H20N2O3S2/c1-4-15(19)17-16-18(12-7-5-6-10(2)11(12)3)13-8-23(20,21)9-14(13)22-16/h5-7,13-14H,4,8-9H2,1-3H3/t13-,14-/m1/s1. The molecule has 124 valence electrons. The van der Waals surface area contributed by atoms with Gasteiger partial charge in [0.05, 0.1) is 17.5 Å². The molecule has 0 aromatic heterocycles. The maximum atomic E-state index is 12.0. The SMILES string of the molecule is CCC(=O)N=C1S[C@@H]2CS(=O)(=O)C[C@H]2N1c1cccc(C)c1C. The van der Waals surface area contributed by atoms with Crippen LogP contribution in [-0.2, 0) is 14.6 Å². The first kappa shape index (κ1) is 16.5. The minimum absolute atomic E-state index is 0.0525. The first-order valence-electron chi connectivity index (χ1n) is 7.66. The number of hydrogen-bond donors (Lipinski definition) is 0. The van der Waals surface area contributed by atoms with Crippen LogP contribution in [0, 0.1) is 13.8 Å². The average molecular weight is 352 g/mol. The van der Waals surface area contributed by atoms with Gasteiger partial charge >= 0.3 is 0 Å². The van der Waals surface area contributed by atoms with Gasteiger partial charge in [-0.05, 0) is 31.0 Å². The molecule has 2 aliphatic rings. The Morgan fingerprint density at radius 3 is 2.78 bits per heavy atom. The molecule has 0 N–H and O–H groups in total. The third-order valence-electron chi connectivity index (χ3n) is 4.42. The number of benzene rings is 1. The molecule has 0 unspecified atom stereocenters. The molecule has 0 radical (unpaired) electrons. The van der Waals surface area contributed by atoms with Crippen LogP contribution < -0.4 is 4.90 Å². The maximum absolute atomic E-state index is 12.0. The van der Waals surface area contributed by atoms with Crippen LogP contribution in [0.15, 0.2) is 23.2 Å². The summed E-state index contributed by atoms with van der Waals surface area (Å²) in [5.74, 6) is 0.103. The highest BCUT2D eigenvalue weighted by Gasteiger charge is 2.49. The Morgan fingerprint density at radius 1 is 1.35 bits per heavy atom. The summed E-state index contributed by atoms with van der Waals surface area (Å²) in [6, 6.07) is 5.81. The van der Waals surface area contributed by atoms with E-state index >= 15 is 0 Å². The number of thioether (sulfide) groups is 1. The summed E-state index contributed by atoms with van der Waals surface area (Å²) < 4.78 is 24.0. The number of amides is 1. The molecule has 0 bridgehead atoms. The summed E-state index contributed by atoms with van der Waals surface area (Å²) in [4.78, 5) is 18.0. The zero-order valence-corrected chi connectivity index (χ0v) is 15.1. The summed E-state index contributed by atoms with van der Waals surface area (Å²) in [5, 5.41) is 0.582. The number of nitrogens with zero attached hydrogens (tertiary/aromatic N) is 2. The van der Waals surface area contributed by atoms with Crippen molar-refractivity contribution < 1.29 is 13.2 Å². The number of aliphatic imine (C=N–C) groups is 1. The maximum Gasteiger partial charge on any atom is 0.247 e. The van der Waals surface area contributed by atoms with Gasteiger partial charge < -0.3 is 4.90 Å². The largest absolute Gasteiger partial charge is 0.315 e. The molecule has 0 saturated carbocycles. The molecule has 23 heavy (non-hydrogen) atoms. The summed E-state index contributed by atoms with van der Waals surface area (Å²) in [6.45, 7) is 5.82. The van der Waals surface area contributed by atoms with Gasteiger partial charge in [-0.2, -0.15) is 4.99 Å². The Morgan fingerprint density at radius 2 is 2.09 bits per heavy atom. The van der Waals surface area contributed by atoms with Crippen molar-refractivity contribution in [2.24, 2.45) is 4.99 Å². The molecule has 2 atom stereocenters. The van der Waals surface area contributed by atoms with Crippen molar-refractivity contribution >= 4 is 38.4 Å². The molecule has 0 aliphatic carbocycles. The quantitative estimate of drug-likeness (QED) is 0.817. The molecule has 1 aromatic carbocycles. The lowest BCUT2D eigenvalue weighted by Gasteiger charge is -2.26. The second-order valence-corrected chi connectivity index (χ2v) is 9.39. The van der Waals surface area contributed by atoms with Crippen molar-refractivity contribution in [2.45, 2.75) is 38.5 Å². The Balaban J connectivity index is 2.09. The van der Waals surface area contributed by atoms with Gasteiger partial charge in [0.15, 0.2) is 15.0 Å². The molecule has 3 rings (SSSR count). The van der Waals surface area contributed by atoms with Crippen molar-refractivity contribution in [3.63, 3.8) is 0 Å². The fraction of sp³-hybridized carbons (Fsp3) is 0.500. The van der Waals surface area contributed by atoms with Crippen LogP contribution in [0.25, 0.3) is 0 Å². The number of anilines is 1. The zero-order chi connectivity index (χ0) is 16.8. The Bertz CT molecular complexity index is 787. The summed E-state index contributed by atoms with van der Waals surface area (Å²) in [6.07, 6.45) is 0.346. The van der Waals surface area contributed by atoms with E-state index in [2.05, 4.69) is 4.99 Å². The van der Waals surface area contributed by atoms with Gasteiger partial charge in [0.2, 0.25) is 5.91 Å². The van der Waals surface area contributed by atoms with Crippen molar-refractivity contribution in [1.82, 2.24) is 0 Å². The molecule has 2 saturated heterocycles. The normalized spacial score (nSPS) is 27.4. The van der Waals surface area contributed by atoms with Gasteiger partial charge in [0.1, 0.15) is 0 Å². The number of aryl methyl sites for hydroxylation is 1. The minimum atomic E-state index is -3.03. The smallest absolute Gasteiger partial charge is 0.247 e. The van der Waals surface area contributed by atoms with E-state index in [1.165, 1.54) is 11.8 Å². The van der Waals surface area contributed by atoms with Crippen molar-refractivity contribution in [3.8, 4) is 0 Å². The number of carbonyl (C=O) groups excluding carboxylic acids is 1. The first-order valence-corrected chi connectivity index (χ1v) is 10.4. The Labute approximate surface area is 141 Å². The fourth-order valence-corrected chi connectivity index (χ4v) is 6.95. The van der Waals surface area contributed by atoms with E-state index in [1.54, 1.807) is 6.92 Å². The average Bonchev–Trinajstić information content (AvgIpc) is 2.93. The van der Waals surface area contributed by atoms with Gasteiger partial charge in [-0.15, -0.1) is 0 Å². The number of amidine groups is 1. The van der Waals surface area contributed by atoms with Crippen LogP contribution in [0.4, 0.5) is 5.69 Å². The van der Waals surface area contributed by atoms with Gasteiger partial charge in [0, 0.05) is 17.4 Å². The number of fused-ring (bicyclic) bond motifs is 1. The van der Waals surface area contributed by atoms with E-state index in [-0.39, 0.29) is 28.7 Å². The predicted molar refractivity (Wildman–Crippen MR) is 94.9 cm³/mol. The number of sulfone groups is 1. The molecule has 7 heteroatoms. The van der Waals surface area contributed by atoms with E-state index < -0.39 is 9.84 Å². The van der Waals surface area contributed by atoms with E-state index in [0.717, 1.165) is 16.8 Å². The van der Waals surface area contributed by atoms with Crippen molar-refractivity contribution in [1.29, 1.82) is 0 Å². The molecule has 5 nitrogen and oxygen atoms in total. The van der Waals surface area contributed by atoms with Crippen LogP contribution in [0.5, 0.6) is 0 Å². The molecular formula is C16H20N2O3S2. The van der Waals surface area contributed by atoms with Crippen LogP contribution in [0.3, 0.4) is 0 Å². The van der Waals surface area contributed by atoms with Crippen molar-refractivity contribution in [3.05, 3.63) is 29.3 Å². The molecular weight excluding hydrogens is 332 g/mol. The third kappa shape index (κ3) is 3.04. The molecule has 0 spiro atoms. The van der Waals surface area contributed by atoms with Crippen LogP contribution in [-0.4, -0.2) is 42.3 Å². The topological polar surface area (TPSA) is 66.8 Å². The number of carbonyl (C=O) groups is 1. The lowest BCUT2D eigenvalue weighted by Crippen LogP contribution is -2.38. The highest BCUT2D eigenvalue weighted by atomic mass is 32.2. The van der Waals surface area contributed by atoms with E-state index in [9.17, 15) is 13.2 Å². The molecule has 2 heterocycles. The zero-order valence-electron chi connectivity index (χ0n) is 13.4. The second kappa shape index (κ2) is 5.94. The predicted octanol–water partition coefficient (Wildman–Crippen LogP) is 2.31. The van der Waals surface area contributed by atoms with Crippen LogP contribution in [0.1, 0.15) is 24.5 Å². The molecule has 1 aromatic rings. The van der Waals surface area contributed by atoms with Gasteiger partial charge in [-0.25, -0.2) is 8.42 Å². The third-order valence-corrected chi connectivity index (χ3v) is 7.63. The molecule has 2 aliphatic heterocycles. The molecule has 2 fully saturated rings. The van der Waals surface area contributed by atoms with Gasteiger partial charge in [0.25, 0.3) is 0 Å². The second-order valence-electron chi connectivity index (χ2n) is 6.03. The highest BCUT2D eigenvalue weighted by molar-refractivity contribution is 8.16. The summed E-state index contributed by atoms with van der Waals surface area (Å²) in [7, 11) is -3.03. The summed E-state index contributed by atoms with van der Waals surface area (Å²) in [5.41, 5.74) is 3.18. The minimum Gasteiger partial charge on any atom is -0.315 e.